The largest absolute Gasteiger partial charge is 0.363 e. The summed E-state index contributed by atoms with van der Waals surface area (Å²) in [6, 6.07) is 6.65. The summed E-state index contributed by atoms with van der Waals surface area (Å²) in [6.45, 7) is 10.6. The van der Waals surface area contributed by atoms with Crippen LogP contribution in [0.2, 0.25) is 0 Å². The van der Waals surface area contributed by atoms with E-state index in [0.29, 0.717) is 11.8 Å². The van der Waals surface area contributed by atoms with Gasteiger partial charge in [-0.2, -0.15) is 8.42 Å². The Bertz CT molecular complexity index is 693. The molecule has 1 aliphatic heterocycles. The molecule has 1 aromatic carbocycles. The van der Waals surface area contributed by atoms with E-state index in [1.807, 2.05) is 13.8 Å². The molecule has 0 saturated carbocycles. The first-order valence-corrected chi connectivity index (χ1v) is 10.4. The molecule has 1 saturated heterocycles. The molecule has 0 aliphatic carbocycles. The Morgan fingerprint density at radius 3 is 2.52 bits per heavy atom. The number of benzene rings is 1. The lowest BCUT2D eigenvalue weighted by molar-refractivity contribution is 0.255. The van der Waals surface area contributed by atoms with Gasteiger partial charge in [0.25, 0.3) is 10.1 Å². The first-order valence-electron chi connectivity index (χ1n) is 8.98. The summed E-state index contributed by atoms with van der Waals surface area (Å²) in [5.41, 5.74) is 0.685. The van der Waals surface area contributed by atoms with Crippen molar-refractivity contribution in [2.75, 3.05) is 6.61 Å². The Labute approximate surface area is 152 Å². The van der Waals surface area contributed by atoms with Gasteiger partial charge in [0.1, 0.15) is 6.10 Å². The van der Waals surface area contributed by atoms with Crippen molar-refractivity contribution in [3.8, 4) is 0 Å². The van der Waals surface area contributed by atoms with Crippen LogP contribution in [0.15, 0.2) is 41.3 Å². The van der Waals surface area contributed by atoms with Crippen LogP contribution in [-0.2, 0) is 19.0 Å². The normalized spacial score (nSPS) is 25.9. The fraction of sp³-hybridized carbons (Fsp3) is 0.600. The molecule has 4 atom stereocenters. The minimum Gasteiger partial charge on any atom is -0.363 e. The van der Waals surface area contributed by atoms with Crippen LogP contribution >= 0.6 is 0 Å². The molecule has 1 heterocycles. The molecule has 2 rings (SSSR count). The zero-order valence-electron chi connectivity index (χ0n) is 15.9. The van der Waals surface area contributed by atoms with E-state index in [1.54, 1.807) is 24.3 Å². The van der Waals surface area contributed by atoms with Crippen molar-refractivity contribution in [2.45, 2.75) is 64.1 Å². The van der Waals surface area contributed by atoms with Crippen molar-refractivity contribution in [3.63, 3.8) is 0 Å². The van der Waals surface area contributed by atoms with E-state index >= 15 is 0 Å². The van der Waals surface area contributed by atoms with E-state index in [4.69, 9.17) is 8.92 Å². The van der Waals surface area contributed by atoms with E-state index < -0.39 is 10.1 Å². The molecule has 0 spiro atoms. The fourth-order valence-corrected chi connectivity index (χ4v) is 3.59. The van der Waals surface area contributed by atoms with E-state index in [2.05, 4.69) is 32.9 Å². The Kier molecular flexibility index (Phi) is 6.46. The first kappa shape index (κ1) is 20.1. The zero-order chi connectivity index (χ0) is 18.7. The van der Waals surface area contributed by atoms with Gasteiger partial charge in [-0.1, -0.05) is 57.0 Å². The molecule has 0 unspecified atom stereocenters. The van der Waals surface area contributed by atoms with Crippen molar-refractivity contribution in [3.05, 3.63) is 42.0 Å². The molecule has 1 fully saturated rings. The minimum atomic E-state index is -3.73. The van der Waals surface area contributed by atoms with E-state index in [1.165, 1.54) is 0 Å². The van der Waals surface area contributed by atoms with Gasteiger partial charge in [-0.05, 0) is 44.2 Å². The summed E-state index contributed by atoms with van der Waals surface area (Å²) >= 11 is 0. The second-order valence-corrected chi connectivity index (χ2v) is 8.96. The van der Waals surface area contributed by atoms with Crippen LogP contribution in [0, 0.1) is 18.8 Å². The molecule has 0 aromatic heterocycles. The molecular formula is C20H30O4S. The van der Waals surface area contributed by atoms with Gasteiger partial charge in [0, 0.05) is 0 Å². The second-order valence-electron chi connectivity index (χ2n) is 7.35. The number of hydrogen-bond acceptors (Lipinski definition) is 4. The third kappa shape index (κ3) is 5.40. The van der Waals surface area contributed by atoms with E-state index in [-0.39, 0.29) is 23.2 Å². The maximum atomic E-state index is 12.2. The molecule has 4 nitrogen and oxygen atoms in total. The van der Waals surface area contributed by atoms with Gasteiger partial charge >= 0.3 is 0 Å². The van der Waals surface area contributed by atoms with E-state index in [9.17, 15) is 8.42 Å². The van der Waals surface area contributed by atoms with Gasteiger partial charge in [0.05, 0.1) is 17.1 Å². The maximum Gasteiger partial charge on any atom is 0.297 e. The van der Waals surface area contributed by atoms with Gasteiger partial charge in [-0.3, -0.25) is 4.18 Å². The molecule has 1 aliphatic rings. The lowest BCUT2D eigenvalue weighted by atomic mass is 9.92. The highest BCUT2D eigenvalue weighted by molar-refractivity contribution is 7.86. The predicted molar refractivity (Wildman–Crippen MR) is 100.0 cm³/mol. The van der Waals surface area contributed by atoms with Gasteiger partial charge in [0.15, 0.2) is 0 Å². The topological polar surface area (TPSA) is 55.9 Å². The Hall–Kier alpha value is -1.17. The SMILES string of the molecule is CC[C@H](C)[C@@H](C)/C=C/C[C@@]1(C)O[C@@H]1COS(=O)(=O)c1ccc(C)cc1. The highest BCUT2D eigenvalue weighted by atomic mass is 32.2. The molecule has 0 amide bonds. The Morgan fingerprint density at radius 1 is 1.28 bits per heavy atom. The molecule has 25 heavy (non-hydrogen) atoms. The number of hydrogen-bond donors (Lipinski definition) is 0. The van der Waals surface area contributed by atoms with Gasteiger partial charge in [-0.25, -0.2) is 0 Å². The molecule has 5 heteroatoms. The third-order valence-electron chi connectivity index (χ3n) is 5.22. The van der Waals surface area contributed by atoms with Gasteiger partial charge in [-0.15, -0.1) is 0 Å². The molecule has 0 bridgehead atoms. The average molecular weight is 367 g/mol. The standard InChI is InChI=1S/C20H30O4S/c1-6-16(3)17(4)8-7-13-20(5)19(24-20)14-23-25(21,22)18-11-9-15(2)10-12-18/h7-12,16-17,19H,6,13-14H2,1-5H3/b8-7+/t16-,17-,19+,20+/m0/s1. The van der Waals surface area contributed by atoms with Crippen LogP contribution in [0.5, 0.6) is 0 Å². The number of epoxide rings is 1. The highest BCUT2D eigenvalue weighted by Gasteiger charge is 2.51. The molecule has 0 N–H and O–H groups in total. The van der Waals surface area contributed by atoms with Crippen molar-refractivity contribution in [1.82, 2.24) is 0 Å². The highest BCUT2D eigenvalue weighted by Crippen LogP contribution is 2.40. The number of ether oxygens (including phenoxy) is 1. The summed E-state index contributed by atoms with van der Waals surface area (Å²) in [5, 5.41) is 0. The van der Waals surface area contributed by atoms with Crippen LogP contribution in [0.1, 0.15) is 46.1 Å². The summed E-state index contributed by atoms with van der Waals surface area (Å²) in [6.07, 6.45) is 6.11. The lowest BCUT2D eigenvalue weighted by Crippen LogP contribution is -2.17. The fourth-order valence-electron chi connectivity index (χ4n) is 2.68. The van der Waals surface area contributed by atoms with Gasteiger partial charge < -0.3 is 4.74 Å². The van der Waals surface area contributed by atoms with Crippen LogP contribution < -0.4 is 0 Å². The first-order chi connectivity index (χ1) is 11.7. The summed E-state index contributed by atoms with van der Waals surface area (Å²) < 4.78 is 35.3. The Balaban J connectivity index is 1.83. The van der Waals surface area contributed by atoms with Crippen LogP contribution in [-0.4, -0.2) is 26.7 Å². The molecular weight excluding hydrogens is 336 g/mol. The number of allylic oxidation sites excluding steroid dienone is 1. The summed E-state index contributed by atoms with van der Waals surface area (Å²) in [7, 11) is -3.73. The van der Waals surface area contributed by atoms with E-state index in [0.717, 1.165) is 18.4 Å². The predicted octanol–water partition coefficient (Wildman–Crippen LogP) is 4.49. The van der Waals surface area contributed by atoms with Crippen LogP contribution in [0.25, 0.3) is 0 Å². The minimum absolute atomic E-state index is 0.0570. The lowest BCUT2D eigenvalue weighted by Gasteiger charge is -2.13. The van der Waals surface area contributed by atoms with Crippen LogP contribution in [0.4, 0.5) is 0 Å². The molecule has 0 radical (unpaired) electrons. The van der Waals surface area contributed by atoms with Crippen molar-refractivity contribution < 1.29 is 17.3 Å². The summed E-state index contributed by atoms with van der Waals surface area (Å²) in [5.74, 6) is 1.19. The summed E-state index contributed by atoms with van der Waals surface area (Å²) in [4.78, 5) is 0.183. The maximum absolute atomic E-state index is 12.2. The Morgan fingerprint density at radius 2 is 1.92 bits per heavy atom. The second kappa shape index (κ2) is 8.02. The quantitative estimate of drug-likeness (QED) is 0.367. The zero-order valence-corrected chi connectivity index (χ0v) is 16.7. The third-order valence-corrected chi connectivity index (χ3v) is 6.52. The smallest absolute Gasteiger partial charge is 0.297 e. The molecule has 140 valence electrons. The van der Waals surface area contributed by atoms with Crippen LogP contribution in [0.3, 0.4) is 0 Å². The number of aryl methyl sites for hydroxylation is 1. The van der Waals surface area contributed by atoms with Crippen molar-refractivity contribution in [2.24, 2.45) is 11.8 Å². The molecule has 1 aromatic rings. The van der Waals surface area contributed by atoms with Crippen molar-refractivity contribution in [1.29, 1.82) is 0 Å². The average Bonchev–Trinajstić information content (AvgIpc) is 3.23. The number of rotatable bonds is 9. The monoisotopic (exact) mass is 366 g/mol. The van der Waals surface area contributed by atoms with Gasteiger partial charge in [0.2, 0.25) is 0 Å². The van der Waals surface area contributed by atoms with Crippen molar-refractivity contribution >= 4 is 10.1 Å².